The van der Waals surface area contributed by atoms with Gasteiger partial charge in [0.2, 0.25) is 5.91 Å². The van der Waals surface area contributed by atoms with Crippen LogP contribution < -0.4 is 5.32 Å². The lowest BCUT2D eigenvalue weighted by Gasteiger charge is -2.21. The van der Waals surface area contributed by atoms with Crippen LogP contribution in [-0.4, -0.2) is 28.3 Å². The van der Waals surface area contributed by atoms with Crippen molar-refractivity contribution in [3.8, 4) is 0 Å². The van der Waals surface area contributed by atoms with Crippen molar-refractivity contribution in [3.05, 3.63) is 53.9 Å². The van der Waals surface area contributed by atoms with Gasteiger partial charge in [0.1, 0.15) is 6.10 Å². The highest BCUT2D eigenvalue weighted by Crippen LogP contribution is 2.29. The van der Waals surface area contributed by atoms with Gasteiger partial charge in [-0.15, -0.1) is 0 Å². The summed E-state index contributed by atoms with van der Waals surface area (Å²) in [5, 5.41) is 7.35. The van der Waals surface area contributed by atoms with E-state index in [1.807, 2.05) is 44.6 Å². The van der Waals surface area contributed by atoms with Gasteiger partial charge in [0.15, 0.2) is 0 Å². The molecule has 0 aliphatic carbocycles. The number of rotatable bonds is 5. The molecule has 1 saturated heterocycles. The Morgan fingerprint density at radius 2 is 2.22 bits per heavy atom. The molecule has 5 heteroatoms. The van der Waals surface area contributed by atoms with Crippen molar-refractivity contribution >= 4 is 5.91 Å². The van der Waals surface area contributed by atoms with Gasteiger partial charge in [-0.3, -0.25) is 9.48 Å². The maximum Gasteiger partial charge on any atom is 0.223 e. The average Bonchev–Trinajstić information content (AvgIpc) is 3.17. The number of hydrogen-bond acceptors (Lipinski definition) is 3. The Bertz CT molecular complexity index is 653. The molecule has 3 atom stereocenters. The van der Waals surface area contributed by atoms with Crippen molar-refractivity contribution in [3.63, 3.8) is 0 Å². The van der Waals surface area contributed by atoms with Crippen LogP contribution in [0.3, 0.4) is 0 Å². The van der Waals surface area contributed by atoms with Crippen molar-refractivity contribution in [2.45, 2.75) is 31.9 Å². The van der Waals surface area contributed by atoms with Gasteiger partial charge in [-0.1, -0.05) is 37.3 Å². The highest BCUT2D eigenvalue weighted by molar-refractivity contribution is 5.79. The van der Waals surface area contributed by atoms with Gasteiger partial charge < -0.3 is 10.1 Å². The fraction of sp³-hybridized carbons (Fsp3) is 0.444. The van der Waals surface area contributed by atoms with Gasteiger partial charge in [-0.05, 0) is 18.4 Å². The molecule has 0 bridgehead atoms. The molecule has 1 aromatic carbocycles. The lowest BCUT2D eigenvalue weighted by molar-refractivity contribution is -0.125. The highest BCUT2D eigenvalue weighted by atomic mass is 16.5. The average molecular weight is 313 g/mol. The zero-order valence-corrected chi connectivity index (χ0v) is 13.6. The second-order valence-corrected chi connectivity index (χ2v) is 6.23. The quantitative estimate of drug-likeness (QED) is 0.921. The molecule has 23 heavy (non-hydrogen) atoms. The molecule has 1 amide bonds. The first-order chi connectivity index (χ1) is 11.1. The summed E-state index contributed by atoms with van der Waals surface area (Å²) in [6, 6.07) is 10.1. The molecule has 5 nitrogen and oxygen atoms in total. The maximum absolute atomic E-state index is 12.5. The third-order valence-corrected chi connectivity index (χ3v) is 4.31. The number of benzene rings is 1. The number of hydrogen-bond donors (Lipinski definition) is 1. The second kappa shape index (κ2) is 6.96. The first-order valence-electron chi connectivity index (χ1n) is 8.08. The van der Waals surface area contributed by atoms with Crippen LogP contribution in [-0.2, 0) is 23.0 Å². The van der Waals surface area contributed by atoms with Crippen LogP contribution in [0.2, 0.25) is 0 Å². The van der Waals surface area contributed by atoms with E-state index in [0.717, 1.165) is 18.4 Å². The number of ether oxygens (including phenoxy) is 1. The Hall–Kier alpha value is -2.14. The molecular weight excluding hydrogens is 290 g/mol. The SMILES string of the molecule is C[C@H](Cc1ccccc1)C(=O)N[C@H]1CCO[C@@H]1c1cnn(C)c1. The van der Waals surface area contributed by atoms with Gasteiger partial charge in [0, 0.05) is 31.3 Å². The first-order valence-corrected chi connectivity index (χ1v) is 8.08. The first kappa shape index (κ1) is 15.7. The number of nitrogens with zero attached hydrogens (tertiary/aromatic N) is 2. The van der Waals surface area contributed by atoms with Crippen LogP contribution in [0.5, 0.6) is 0 Å². The summed E-state index contributed by atoms with van der Waals surface area (Å²) in [5.74, 6) is 0.0193. The van der Waals surface area contributed by atoms with Crippen LogP contribution >= 0.6 is 0 Å². The van der Waals surface area contributed by atoms with E-state index in [1.165, 1.54) is 5.56 Å². The maximum atomic E-state index is 12.5. The van der Waals surface area contributed by atoms with E-state index >= 15 is 0 Å². The Morgan fingerprint density at radius 3 is 2.91 bits per heavy atom. The Kier molecular flexibility index (Phi) is 4.76. The Morgan fingerprint density at radius 1 is 1.43 bits per heavy atom. The summed E-state index contributed by atoms with van der Waals surface area (Å²) in [6.07, 6.45) is 5.24. The van der Waals surface area contributed by atoms with E-state index < -0.39 is 0 Å². The zero-order valence-electron chi connectivity index (χ0n) is 13.6. The minimum atomic E-state index is -0.100. The molecule has 1 aliphatic heterocycles. The van der Waals surface area contributed by atoms with Crippen LogP contribution in [0.1, 0.15) is 30.6 Å². The molecule has 1 aliphatic rings. The fourth-order valence-corrected chi connectivity index (χ4v) is 3.04. The summed E-state index contributed by atoms with van der Waals surface area (Å²) in [5.41, 5.74) is 2.20. The Labute approximate surface area is 136 Å². The predicted molar refractivity (Wildman–Crippen MR) is 87.8 cm³/mol. The summed E-state index contributed by atoms with van der Waals surface area (Å²) in [7, 11) is 1.88. The molecule has 0 radical (unpaired) electrons. The third kappa shape index (κ3) is 3.79. The summed E-state index contributed by atoms with van der Waals surface area (Å²) < 4.78 is 7.55. The largest absolute Gasteiger partial charge is 0.371 e. The molecule has 0 saturated carbocycles. The molecule has 1 N–H and O–H groups in total. The predicted octanol–water partition coefficient (Wildman–Crippen LogP) is 2.25. The van der Waals surface area contributed by atoms with E-state index in [2.05, 4.69) is 22.5 Å². The monoisotopic (exact) mass is 313 g/mol. The van der Waals surface area contributed by atoms with Gasteiger partial charge in [0.05, 0.1) is 12.2 Å². The molecule has 2 aromatic rings. The van der Waals surface area contributed by atoms with Gasteiger partial charge in [-0.2, -0.15) is 5.10 Å². The molecule has 2 heterocycles. The fourth-order valence-electron chi connectivity index (χ4n) is 3.04. The highest BCUT2D eigenvalue weighted by Gasteiger charge is 2.32. The van der Waals surface area contributed by atoms with Crippen molar-refractivity contribution in [1.82, 2.24) is 15.1 Å². The smallest absolute Gasteiger partial charge is 0.223 e. The summed E-state index contributed by atoms with van der Waals surface area (Å²) >= 11 is 0. The number of aromatic nitrogens is 2. The van der Waals surface area contributed by atoms with Crippen LogP contribution in [0.4, 0.5) is 0 Å². The number of carbonyl (C=O) groups excluding carboxylic acids is 1. The minimum absolute atomic E-state index is 0.0184. The molecule has 122 valence electrons. The van der Waals surface area contributed by atoms with Crippen molar-refractivity contribution in [2.24, 2.45) is 13.0 Å². The molecular formula is C18H23N3O2. The number of carbonyl (C=O) groups is 1. The minimum Gasteiger partial charge on any atom is -0.371 e. The normalized spacial score (nSPS) is 22.0. The molecule has 0 spiro atoms. The van der Waals surface area contributed by atoms with Gasteiger partial charge in [-0.25, -0.2) is 0 Å². The molecule has 0 unspecified atom stereocenters. The van der Waals surface area contributed by atoms with Gasteiger partial charge >= 0.3 is 0 Å². The zero-order chi connectivity index (χ0) is 16.2. The van der Waals surface area contributed by atoms with Crippen LogP contribution in [0, 0.1) is 5.92 Å². The molecule has 3 rings (SSSR count). The third-order valence-electron chi connectivity index (χ3n) is 4.31. The lowest BCUT2D eigenvalue weighted by Crippen LogP contribution is -2.40. The van der Waals surface area contributed by atoms with Crippen LogP contribution in [0.25, 0.3) is 0 Å². The number of amides is 1. The lowest BCUT2D eigenvalue weighted by atomic mass is 9.99. The molecule has 1 aromatic heterocycles. The summed E-state index contributed by atoms with van der Waals surface area (Å²) in [4.78, 5) is 12.5. The van der Waals surface area contributed by atoms with Gasteiger partial charge in [0.25, 0.3) is 0 Å². The summed E-state index contributed by atoms with van der Waals surface area (Å²) in [6.45, 7) is 2.63. The van der Waals surface area contributed by atoms with E-state index in [9.17, 15) is 4.79 Å². The van der Waals surface area contributed by atoms with Crippen LogP contribution in [0.15, 0.2) is 42.7 Å². The number of aryl methyl sites for hydroxylation is 1. The second-order valence-electron chi connectivity index (χ2n) is 6.23. The Balaban J connectivity index is 1.60. The van der Waals surface area contributed by atoms with Crippen molar-refractivity contribution in [2.75, 3.05) is 6.61 Å². The van der Waals surface area contributed by atoms with E-state index in [-0.39, 0.29) is 24.0 Å². The van der Waals surface area contributed by atoms with E-state index in [0.29, 0.717) is 6.61 Å². The number of nitrogens with one attached hydrogen (secondary N) is 1. The topological polar surface area (TPSA) is 56.1 Å². The van der Waals surface area contributed by atoms with E-state index in [4.69, 9.17) is 4.74 Å². The van der Waals surface area contributed by atoms with Crippen molar-refractivity contribution in [1.29, 1.82) is 0 Å². The molecule has 1 fully saturated rings. The van der Waals surface area contributed by atoms with E-state index in [1.54, 1.807) is 4.68 Å². The standard InChI is InChI=1S/C18H23N3O2/c1-13(10-14-6-4-3-5-7-14)18(22)20-16-8-9-23-17(16)15-11-19-21(2)12-15/h3-7,11-13,16-17H,8-10H2,1-2H3,(H,20,22)/t13-,16+,17-/m1/s1. The van der Waals surface area contributed by atoms with Crippen molar-refractivity contribution < 1.29 is 9.53 Å².